The molecule has 2 heterocycles. The minimum Gasteiger partial charge on any atom is -0.492 e. The highest BCUT2D eigenvalue weighted by Crippen LogP contribution is 2.20. The van der Waals surface area contributed by atoms with Crippen LogP contribution in [0.25, 0.3) is 0 Å². The van der Waals surface area contributed by atoms with Crippen LogP contribution in [0, 0.1) is 6.92 Å². The molecule has 1 aliphatic rings. The molecule has 0 radical (unpaired) electrons. The van der Waals surface area contributed by atoms with Gasteiger partial charge in [-0.2, -0.15) is 0 Å². The molecule has 0 saturated carbocycles. The number of hydrogen-bond acceptors (Lipinski definition) is 5. The molecule has 1 saturated heterocycles. The largest absolute Gasteiger partial charge is 0.492 e. The molecule has 0 spiro atoms. The molecule has 0 unspecified atom stereocenters. The van der Waals surface area contributed by atoms with Crippen LogP contribution in [-0.2, 0) is 11.3 Å². The highest BCUT2D eigenvalue weighted by Gasteiger charge is 2.18. The molecule has 1 fully saturated rings. The second kappa shape index (κ2) is 10.1. The van der Waals surface area contributed by atoms with Crippen LogP contribution in [0.4, 0.5) is 0 Å². The van der Waals surface area contributed by atoms with Gasteiger partial charge in [0.2, 0.25) is 0 Å². The van der Waals surface area contributed by atoms with E-state index in [9.17, 15) is 4.79 Å². The summed E-state index contributed by atoms with van der Waals surface area (Å²) in [5.41, 5.74) is 1.78. The highest BCUT2D eigenvalue weighted by atomic mass is 79.9. The first-order valence-electron chi connectivity index (χ1n) is 9.57. The van der Waals surface area contributed by atoms with Crippen molar-refractivity contribution in [2.45, 2.75) is 32.4 Å². The number of carbonyl (C=O) groups excluding carboxylic acids is 1. The molecule has 1 amide bonds. The number of furan rings is 1. The van der Waals surface area contributed by atoms with E-state index in [-0.39, 0.29) is 5.91 Å². The van der Waals surface area contributed by atoms with Crippen molar-refractivity contribution in [2.75, 3.05) is 33.4 Å². The average Bonchev–Trinajstić information content (AvgIpc) is 3.05. The number of carbonyl (C=O) groups is 1. The van der Waals surface area contributed by atoms with E-state index in [1.165, 1.54) is 0 Å². The topological polar surface area (TPSA) is 63.9 Å². The molecular weight excluding hydrogens is 424 g/mol. The van der Waals surface area contributed by atoms with Crippen LogP contribution in [0.5, 0.6) is 5.75 Å². The molecule has 6 nitrogen and oxygen atoms in total. The van der Waals surface area contributed by atoms with Gasteiger partial charge in [-0.15, -0.1) is 0 Å². The second-order valence-corrected chi connectivity index (χ2v) is 7.85. The fourth-order valence-corrected chi connectivity index (χ4v) is 3.80. The summed E-state index contributed by atoms with van der Waals surface area (Å²) in [4.78, 5) is 14.6. The molecule has 1 aromatic heterocycles. The molecule has 1 aromatic carbocycles. The lowest BCUT2D eigenvalue weighted by molar-refractivity contribution is 0.0392. The molecule has 1 N–H and O–H groups in total. The number of benzene rings is 1. The molecule has 3 rings (SSSR count). The van der Waals surface area contributed by atoms with Crippen molar-refractivity contribution in [3.63, 3.8) is 0 Å². The quantitative estimate of drug-likeness (QED) is 0.662. The predicted octanol–water partition coefficient (Wildman–Crippen LogP) is 3.77. The number of halogens is 1. The fourth-order valence-electron chi connectivity index (χ4n) is 3.29. The maximum Gasteiger partial charge on any atom is 0.287 e. The Morgan fingerprint density at radius 3 is 2.82 bits per heavy atom. The summed E-state index contributed by atoms with van der Waals surface area (Å²) in [5.74, 6) is 0.909. The van der Waals surface area contributed by atoms with Crippen molar-refractivity contribution in [3.05, 3.63) is 51.9 Å². The third kappa shape index (κ3) is 5.83. The van der Waals surface area contributed by atoms with Crippen LogP contribution in [0.2, 0.25) is 0 Å². The molecule has 152 valence electrons. The first-order valence-corrected chi connectivity index (χ1v) is 10.4. The molecule has 0 bridgehead atoms. The Bertz CT molecular complexity index is 786. The maximum atomic E-state index is 12.3. The summed E-state index contributed by atoms with van der Waals surface area (Å²) >= 11 is 3.24. The normalized spacial score (nSPS) is 15.0. The Kier molecular flexibility index (Phi) is 7.53. The lowest BCUT2D eigenvalue weighted by atomic mass is 10.1. The van der Waals surface area contributed by atoms with Crippen molar-refractivity contribution in [1.82, 2.24) is 10.2 Å². The number of aryl methyl sites for hydroxylation is 1. The van der Waals surface area contributed by atoms with E-state index < -0.39 is 0 Å². The van der Waals surface area contributed by atoms with E-state index in [4.69, 9.17) is 13.9 Å². The lowest BCUT2D eigenvalue weighted by Crippen LogP contribution is -2.38. The van der Waals surface area contributed by atoms with Crippen LogP contribution in [0.3, 0.4) is 0 Å². The van der Waals surface area contributed by atoms with Crippen molar-refractivity contribution < 1.29 is 18.7 Å². The van der Waals surface area contributed by atoms with Crippen molar-refractivity contribution in [2.24, 2.45) is 0 Å². The summed E-state index contributed by atoms with van der Waals surface area (Å²) in [6.07, 6.45) is 2.16. The van der Waals surface area contributed by atoms with Crippen molar-refractivity contribution in [1.29, 1.82) is 0 Å². The Hall–Kier alpha value is -1.83. The van der Waals surface area contributed by atoms with Crippen LogP contribution in [0.15, 0.2) is 39.4 Å². The lowest BCUT2D eigenvalue weighted by Gasteiger charge is -2.31. The second-order valence-electron chi connectivity index (χ2n) is 7.07. The zero-order valence-corrected chi connectivity index (χ0v) is 18.0. The van der Waals surface area contributed by atoms with Gasteiger partial charge in [0.1, 0.15) is 12.4 Å². The number of likely N-dealkylation sites (N-methyl/N-ethyl adjacent to an activating group) is 1. The van der Waals surface area contributed by atoms with E-state index in [0.29, 0.717) is 29.6 Å². The molecule has 0 aliphatic carbocycles. The maximum absolute atomic E-state index is 12.3. The van der Waals surface area contributed by atoms with Crippen LogP contribution in [-0.4, -0.2) is 50.3 Å². The minimum atomic E-state index is -0.229. The average molecular weight is 451 g/mol. The smallest absolute Gasteiger partial charge is 0.287 e. The first-order chi connectivity index (χ1) is 13.5. The van der Waals surface area contributed by atoms with E-state index >= 15 is 0 Å². The van der Waals surface area contributed by atoms with Crippen LogP contribution >= 0.6 is 15.9 Å². The fraction of sp³-hybridized carbons (Fsp3) is 0.476. The van der Waals surface area contributed by atoms with Crippen molar-refractivity contribution in [3.8, 4) is 5.75 Å². The summed E-state index contributed by atoms with van der Waals surface area (Å²) in [6, 6.07) is 10.2. The third-order valence-electron chi connectivity index (χ3n) is 4.97. The minimum absolute atomic E-state index is 0.229. The molecule has 7 heteroatoms. The Morgan fingerprint density at radius 2 is 2.11 bits per heavy atom. The van der Waals surface area contributed by atoms with Gasteiger partial charge in [0.15, 0.2) is 10.4 Å². The number of nitrogens with one attached hydrogen (secondary N) is 1. The predicted molar refractivity (Wildman–Crippen MR) is 111 cm³/mol. The molecule has 2 aromatic rings. The van der Waals surface area contributed by atoms with Gasteiger partial charge in [-0.25, -0.2) is 0 Å². The number of ether oxygens (including phenoxy) is 2. The SMILES string of the molecule is Cc1cc(Br)oc1C(=O)NCc1cccc(OCCN(C)C2CCOCC2)c1. The number of rotatable bonds is 8. The zero-order valence-electron chi connectivity index (χ0n) is 16.4. The van der Waals surface area contributed by atoms with Gasteiger partial charge in [0, 0.05) is 37.9 Å². The summed E-state index contributed by atoms with van der Waals surface area (Å²) < 4.78 is 17.3. The third-order valence-corrected chi connectivity index (χ3v) is 5.36. The van der Waals surface area contributed by atoms with E-state index in [0.717, 1.165) is 49.5 Å². The molecular formula is C21H27BrN2O4. The molecule has 1 aliphatic heterocycles. The number of nitrogens with zero attached hydrogens (tertiary/aromatic N) is 1. The Morgan fingerprint density at radius 1 is 1.32 bits per heavy atom. The number of amides is 1. The van der Waals surface area contributed by atoms with Gasteiger partial charge < -0.3 is 19.2 Å². The highest BCUT2D eigenvalue weighted by molar-refractivity contribution is 9.10. The van der Waals surface area contributed by atoms with Crippen LogP contribution in [0.1, 0.15) is 34.5 Å². The first kappa shape index (κ1) is 20.9. The zero-order chi connectivity index (χ0) is 19.9. The van der Waals surface area contributed by atoms with Gasteiger partial charge in [-0.1, -0.05) is 12.1 Å². The molecule has 0 atom stereocenters. The van der Waals surface area contributed by atoms with Gasteiger partial charge in [0.25, 0.3) is 5.91 Å². The monoisotopic (exact) mass is 450 g/mol. The Balaban J connectivity index is 1.45. The van der Waals surface area contributed by atoms with Gasteiger partial charge in [0.05, 0.1) is 0 Å². The summed E-state index contributed by atoms with van der Waals surface area (Å²) in [7, 11) is 2.14. The Labute approximate surface area is 174 Å². The van der Waals surface area contributed by atoms with Crippen molar-refractivity contribution >= 4 is 21.8 Å². The van der Waals surface area contributed by atoms with E-state index in [2.05, 4.69) is 33.2 Å². The van der Waals surface area contributed by atoms with Gasteiger partial charge >= 0.3 is 0 Å². The summed E-state index contributed by atoms with van der Waals surface area (Å²) in [6.45, 7) is 5.45. The van der Waals surface area contributed by atoms with Crippen LogP contribution < -0.4 is 10.1 Å². The summed E-state index contributed by atoms with van der Waals surface area (Å²) in [5, 5.41) is 2.88. The number of hydrogen-bond donors (Lipinski definition) is 1. The van der Waals surface area contributed by atoms with E-state index in [1.807, 2.05) is 31.2 Å². The van der Waals surface area contributed by atoms with Gasteiger partial charge in [-0.3, -0.25) is 9.69 Å². The van der Waals surface area contributed by atoms with E-state index in [1.54, 1.807) is 6.07 Å². The van der Waals surface area contributed by atoms with Gasteiger partial charge in [-0.05, 0) is 66.5 Å². The molecule has 28 heavy (non-hydrogen) atoms. The standard InChI is InChI=1S/C21H27BrN2O4/c1-15-12-19(22)28-20(15)21(25)23-14-16-4-3-5-18(13-16)27-11-8-24(2)17-6-9-26-10-7-17/h3-5,12-13,17H,6-11,14H2,1-2H3,(H,23,25).